The minimum atomic E-state index is -0.0516. The van der Waals surface area contributed by atoms with Gasteiger partial charge in [-0.2, -0.15) is 0 Å². The van der Waals surface area contributed by atoms with Crippen LogP contribution in [0, 0.1) is 5.41 Å². The van der Waals surface area contributed by atoms with Crippen molar-refractivity contribution in [1.82, 2.24) is 9.80 Å². The van der Waals surface area contributed by atoms with Crippen molar-refractivity contribution in [3.8, 4) is 0 Å². The average Bonchev–Trinajstić information content (AvgIpc) is 2.85. The molecule has 0 spiro atoms. The molecule has 37 heavy (non-hydrogen) atoms. The molecule has 0 fully saturated rings. The molecule has 0 radical (unpaired) electrons. The van der Waals surface area contributed by atoms with E-state index < -0.39 is 0 Å². The standard InChI is InChI=1S/C33H70N2O2/c1-8-10-12-14-16-18-20-22-24-26-28-36-30-33(3,32(34(4)5)35(6)7)31-37-29-27-25-23-21-19-17-15-13-11-9-2/h32H,8-31H2,1-7H3. The zero-order valence-corrected chi connectivity index (χ0v) is 26.8. The summed E-state index contributed by atoms with van der Waals surface area (Å²) in [5, 5.41) is 0. The monoisotopic (exact) mass is 527 g/mol. The average molecular weight is 527 g/mol. The van der Waals surface area contributed by atoms with Crippen LogP contribution >= 0.6 is 0 Å². The molecular weight excluding hydrogens is 456 g/mol. The summed E-state index contributed by atoms with van der Waals surface area (Å²) in [4.78, 5) is 4.63. The predicted molar refractivity (Wildman–Crippen MR) is 165 cm³/mol. The number of rotatable bonds is 29. The number of unbranched alkanes of at least 4 members (excludes halogenated alkanes) is 18. The molecule has 4 heteroatoms. The second kappa shape index (κ2) is 26.1. The van der Waals surface area contributed by atoms with Gasteiger partial charge in [-0.25, -0.2) is 0 Å². The largest absolute Gasteiger partial charge is 0.381 e. The third kappa shape index (κ3) is 21.4. The molecule has 0 rings (SSSR count). The first-order valence-corrected chi connectivity index (χ1v) is 16.4. The summed E-state index contributed by atoms with van der Waals surface area (Å²) in [6, 6.07) is 0. The number of nitrogens with zero attached hydrogens (tertiary/aromatic N) is 2. The maximum atomic E-state index is 6.28. The van der Waals surface area contributed by atoms with Crippen molar-refractivity contribution < 1.29 is 9.47 Å². The molecule has 0 heterocycles. The minimum absolute atomic E-state index is 0.0516. The van der Waals surface area contributed by atoms with Crippen molar-refractivity contribution in [2.24, 2.45) is 5.41 Å². The predicted octanol–water partition coefficient (Wildman–Crippen LogP) is 9.32. The highest BCUT2D eigenvalue weighted by Gasteiger charge is 2.38. The van der Waals surface area contributed by atoms with Gasteiger partial charge in [0, 0.05) is 18.6 Å². The zero-order chi connectivity index (χ0) is 27.6. The highest BCUT2D eigenvalue weighted by Crippen LogP contribution is 2.28. The van der Waals surface area contributed by atoms with Gasteiger partial charge in [0.05, 0.1) is 19.4 Å². The van der Waals surface area contributed by atoms with Crippen LogP contribution in [0.25, 0.3) is 0 Å². The fourth-order valence-electron chi connectivity index (χ4n) is 5.89. The van der Waals surface area contributed by atoms with E-state index in [0.717, 1.165) is 26.4 Å². The van der Waals surface area contributed by atoms with Gasteiger partial charge >= 0.3 is 0 Å². The van der Waals surface area contributed by atoms with Gasteiger partial charge < -0.3 is 9.47 Å². The Morgan fingerprint density at radius 1 is 0.459 bits per heavy atom. The first kappa shape index (κ1) is 36.8. The minimum Gasteiger partial charge on any atom is -0.381 e. The third-order valence-corrected chi connectivity index (χ3v) is 7.75. The van der Waals surface area contributed by atoms with Gasteiger partial charge in [0.25, 0.3) is 0 Å². The molecular formula is C33H70N2O2. The molecule has 0 aliphatic rings. The first-order valence-electron chi connectivity index (χ1n) is 16.4. The summed E-state index contributed by atoms with van der Waals surface area (Å²) < 4.78 is 12.6. The Morgan fingerprint density at radius 3 is 1.00 bits per heavy atom. The van der Waals surface area contributed by atoms with E-state index in [1.165, 1.54) is 128 Å². The molecule has 0 aromatic heterocycles. The van der Waals surface area contributed by atoms with Gasteiger partial charge in [-0.3, -0.25) is 9.80 Å². The van der Waals surface area contributed by atoms with E-state index in [1.807, 2.05) is 0 Å². The SMILES string of the molecule is CCCCCCCCCCCCOCC(C)(COCCCCCCCCCCCC)C(N(C)C)N(C)C. The molecule has 0 aromatic rings. The van der Waals surface area contributed by atoms with Gasteiger partial charge in [-0.1, -0.05) is 136 Å². The van der Waals surface area contributed by atoms with Gasteiger partial charge in [-0.15, -0.1) is 0 Å². The van der Waals surface area contributed by atoms with Gasteiger partial charge in [0.15, 0.2) is 0 Å². The summed E-state index contributed by atoms with van der Waals surface area (Å²) in [6.45, 7) is 10.2. The first-order chi connectivity index (χ1) is 17.9. The van der Waals surface area contributed by atoms with Gasteiger partial charge in [-0.05, 0) is 41.0 Å². The van der Waals surface area contributed by atoms with E-state index in [9.17, 15) is 0 Å². The lowest BCUT2D eigenvalue weighted by Gasteiger charge is -2.44. The van der Waals surface area contributed by atoms with E-state index >= 15 is 0 Å². The lowest BCUT2D eigenvalue weighted by atomic mass is 9.87. The zero-order valence-electron chi connectivity index (χ0n) is 26.8. The van der Waals surface area contributed by atoms with E-state index in [2.05, 4.69) is 58.8 Å². The molecule has 0 unspecified atom stereocenters. The molecule has 0 aliphatic carbocycles. The molecule has 224 valence electrons. The number of ether oxygens (including phenoxy) is 2. The summed E-state index contributed by atoms with van der Waals surface area (Å²) >= 11 is 0. The van der Waals surface area contributed by atoms with E-state index in [-0.39, 0.29) is 11.6 Å². The molecule has 0 bridgehead atoms. The van der Waals surface area contributed by atoms with E-state index in [0.29, 0.717) is 0 Å². The normalized spacial score (nSPS) is 12.5. The molecule has 0 saturated carbocycles. The molecule has 0 saturated heterocycles. The van der Waals surface area contributed by atoms with Crippen LogP contribution in [-0.4, -0.2) is 70.6 Å². The quantitative estimate of drug-likeness (QED) is 0.0716. The van der Waals surface area contributed by atoms with Crippen LogP contribution < -0.4 is 0 Å². The summed E-state index contributed by atoms with van der Waals surface area (Å²) in [5.74, 6) is 0. The van der Waals surface area contributed by atoms with Gasteiger partial charge in [0.1, 0.15) is 0 Å². The Bertz CT molecular complexity index is 420. The maximum absolute atomic E-state index is 6.28. The van der Waals surface area contributed by atoms with E-state index in [4.69, 9.17) is 9.47 Å². The van der Waals surface area contributed by atoms with Crippen LogP contribution in [0.5, 0.6) is 0 Å². The summed E-state index contributed by atoms with van der Waals surface area (Å²) in [7, 11) is 8.70. The van der Waals surface area contributed by atoms with Crippen LogP contribution in [0.2, 0.25) is 0 Å². The number of hydrogen-bond acceptors (Lipinski definition) is 4. The highest BCUT2D eigenvalue weighted by atomic mass is 16.5. The lowest BCUT2D eigenvalue weighted by molar-refractivity contribution is -0.0929. The van der Waals surface area contributed by atoms with Crippen LogP contribution in [-0.2, 0) is 9.47 Å². The van der Waals surface area contributed by atoms with Crippen molar-refractivity contribution >= 4 is 0 Å². The Hall–Kier alpha value is -0.160. The summed E-state index contributed by atoms with van der Waals surface area (Å²) in [5.41, 5.74) is -0.0516. The van der Waals surface area contributed by atoms with Gasteiger partial charge in [0.2, 0.25) is 0 Å². The highest BCUT2D eigenvalue weighted by molar-refractivity contribution is 4.86. The van der Waals surface area contributed by atoms with Crippen molar-refractivity contribution in [1.29, 1.82) is 0 Å². The topological polar surface area (TPSA) is 24.9 Å². The van der Waals surface area contributed by atoms with E-state index in [1.54, 1.807) is 0 Å². The second-order valence-corrected chi connectivity index (χ2v) is 12.4. The lowest BCUT2D eigenvalue weighted by Crippen LogP contribution is -2.55. The molecule has 0 amide bonds. The number of hydrogen-bond donors (Lipinski definition) is 0. The third-order valence-electron chi connectivity index (χ3n) is 7.75. The van der Waals surface area contributed by atoms with Crippen LogP contribution in [0.4, 0.5) is 0 Å². The Labute approximate surface area is 234 Å². The summed E-state index contributed by atoms with van der Waals surface area (Å²) in [6.07, 6.45) is 27.6. The van der Waals surface area contributed by atoms with Crippen molar-refractivity contribution in [2.45, 2.75) is 155 Å². The molecule has 0 aromatic carbocycles. The fourth-order valence-corrected chi connectivity index (χ4v) is 5.89. The van der Waals surface area contributed by atoms with Crippen molar-refractivity contribution in [3.05, 3.63) is 0 Å². The Balaban J connectivity index is 4.13. The molecule has 0 atom stereocenters. The Kier molecular flexibility index (Phi) is 26.0. The molecule has 4 nitrogen and oxygen atoms in total. The molecule has 0 aliphatic heterocycles. The van der Waals surface area contributed by atoms with Crippen molar-refractivity contribution in [3.63, 3.8) is 0 Å². The maximum Gasteiger partial charge on any atom is 0.0712 e. The van der Waals surface area contributed by atoms with Crippen LogP contribution in [0.1, 0.15) is 149 Å². The second-order valence-electron chi connectivity index (χ2n) is 12.4. The van der Waals surface area contributed by atoms with Crippen LogP contribution in [0.3, 0.4) is 0 Å². The van der Waals surface area contributed by atoms with Crippen molar-refractivity contribution in [2.75, 3.05) is 54.6 Å². The smallest absolute Gasteiger partial charge is 0.0712 e. The fraction of sp³-hybridized carbons (Fsp3) is 1.00. The Morgan fingerprint density at radius 2 is 0.730 bits per heavy atom. The molecule has 0 N–H and O–H groups in total. The van der Waals surface area contributed by atoms with Crippen LogP contribution in [0.15, 0.2) is 0 Å².